The second kappa shape index (κ2) is 8.31. The number of morpholine rings is 1. The van der Waals surface area contributed by atoms with Crippen LogP contribution in [-0.2, 0) is 11.8 Å². The van der Waals surface area contributed by atoms with Crippen molar-refractivity contribution in [1.29, 1.82) is 5.26 Å². The highest BCUT2D eigenvalue weighted by Gasteiger charge is 2.27. The maximum absolute atomic E-state index is 12.6. The molecule has 1 atom stereocenters. The summed E-state index contributed by atoms with van der Waals surface area (Å²) in [4.78, 5) is 27.4. The van der Waals surface area contributed by atoms with Crippen LogP contribution in [0.4, 0.5) is 5.95 Å². The molecule has 4 rings (SSSR count). The maximum Gasteiger partial charge on any atom is 0.255 e. The van der Waals surface area contributed by atoms with E-state index in [0.717, 1.165) is 5.56 Å². The first kappa shape index (κ1) is 19.5. The molecule has 0 radical (unpaired) electrons. The third kappa shape index (κ3) is 3.73. The highest BCUT2D eigenvalue weighted by molar-refractivity contribution is 5.55. The van der Waals surface area contributed by atoms with Gasteiger partial charge in [0.1, 0.15) is 18.2 Å². The number of hydrogen-bond acceptors (Lipinski definition) is 8. The van der Waals surface area contributed by atoms with Crippen molar-refractivity contribution in [2.75, 3.05) is 31.7 Å². The molecule has 1 aliphatic rings. The Morgan fingerprint density at radius 2 is 2.13 bits per heavy atom. The van der Waals surface area contributed by atoms with E-state index in [1.807, 2.05) is 4.90 Å². The molecular formula is C21H20N6O3. The predicted molar refractivity (Wildman–Crippen MR) is 109 cm³/mol. The van der Waals surface area contributed by atoms with Crippen molar-refractivity contribution in [3.8, 4) is 23.2 Å². The van der Waals surface area contributed by atoms with Crippen LogP contribution in [-0.4, -0.2) is 46.3 Å². The highest BCUT2D eigenvalue weighted by Crippen LogP contribution is 2.32. The molecule has 2 aromatic heterocycles. The lowest BCUT2D eigenvalue weighted by atomic mass is 10.0. The zero-order chi connectivity index (χ0) is 21.1. The molecule has 0 saturated carbocycles. The highest BCUT2D eigenvalue weighted by atomic mass is 16.5. The number of methoxy groups -OCH3 is 1. The molecule has 0 N–H and O–H groups in total. The number of nitrogens with zero attached hydrogens (tertiary/aromatic N) is 6. The van der Waals surface area contributed by atoms with E-state index in [-0.39, 0.29) is 11.7 Å². The topological polar surface area (TPSA) is 106 Å². The SMILES string of the molecule is COc1ccc(C#N)cc1[C@H]1CN(c2nc(-c3ccncn3)cc(=O)n2C)CCO1. The van der Waals surface area contributed by atoms with Gasteiger partial charge in [-0.05, 0) is 24.3 Å². The first-order valence-corrected chi connectivity index (χ1v) is 9.39. The zero-order valence-electron chi connectivity index (χ0n) is 16.6. The van der Waals surface area contributed by atoms with E-state index in [0.29, 0.717) is 48.3 Å². The number of benzene rings is 1. The molecule has 9 nitrogen and oxygen atoms in total. The van der Waals surface area contributed by atoms with E-state index in [4.69, 9.17) is 14.5 Å². The Kier molecular flexibility index (Phi) is 5.41. The fourth-order valence-electron chi connectivity index (χ4n) is 3.46. The lowest BCUT2D eigenvalue weighted by molar-refractivity contribution is 0.0374. The van der Waals surface area contributed by atoms with Gasteiger partial charge in [0.2, 0.25) is 5.95 Å². The minimum Gasteiger partial charge on any atom is -0.496 e. The van der Waals surface area contributed by atoms with Crippen molar-refractivity contribution in [2.45, 2.75) is 6.10 Å². The van der Waals surface area contributed by atoms with E-state index < -0.39 is 0 Å². The summed E-state index contributed by atoms with van der Waals surface area (Å²) in [5.41, 5.74) is 2.21. The van der Waals surface area contributed by atoms with Crippen LogP contribution in [0.5, 0.6) is 5.75 Å². The minimum atomic E-state index is -0.332. The van der Waals surface area contributed by atoms with E-state index in [9.17, 15) is 10.1 Å². The molecular weight excluding hydrogens is 384 g/mol. The van der Waals surface area contributed by atoms with Gasteiger partial charge in [-0.1, -0.05) is 0 Å². The summed E-state index contributed by atoms with van der Waals surface area (Å²) in [7, 11) is 3.28. The fraction of sp³-hybridized carbons (Fsp3) is 0.286. The van der Waals surface area contributed by atoms with Gasteiger partial charge < -0.3 is 14.4 Å². The van der Waals surface area contributed by atoms with Crippen molar-refractivity contribution < 1.29 is 9.47 Å². The zero-order valence-corrected chi connectivity index (χ0v) is 16.6. The molecule has 1 aromatic carbocycles. The molecule has 3 heterocycles. The quantitative estimate of drug-likeness (QED) is 0.647. The van der Waals surface area contributed by atoms with Crippen molar-refractivity contribution in [3.63, 3.8) is 0 Å². The van der Waals surface area contributed by atoms with Gasteiger partial charge in [0.25, 0.3) is 5.56 Å². The Labute approximate surface area is 173 Å². The van der Waals surface area contributed by atoms with E-state index >= 15 is 0 Å². The standard InChI is InChI=1S/C21H20N6O3/c1-26-20(28)10-17(16-5-6-23-13-24-16)25-21(26)27-7-8-30-19(12-27)15-9-14(11-22)3-4-18(15)29-2/h3-6,9-10,13,19H,7-8,12H2,1-2H3/t19-/m1/s1. The van der Waals surface area contributed by atoms with Crippen molar-refractivity contribution in [2.24, 2.45) is 7.05 Å². The third-order valence-electron chi connectivity index (χ3n) is 5.01. The average molecular weight is 404 g/mol. The summed E-state index contributed by atoms with van der Waals surface area (Å²) in [6, 6.07) is 10.6. The fourth-order valence-corrected chi connectivity index (χ4v) is 3.46. The van der Waals surface area contributed by atoms with Crippen LogP contribution in [0.1, 0.15) is 17.2 Å². The summed E-state index contributed by atoms with van der Waals surface area (Å²) in [5, 5.41) is 9.26. The molecule has 0 bridgehead atoms. The van der Waals surface area contributed by atoms with Crippen molar-refractivity contribution in [1.82, 2.24) is 19.5 Å². The lowest BCUT2D eigenvalue weighted by Crippen LogP contribution is -2.41. The second-order valence-electron chi connectivity index (χ2n) is 6.81. The Bertz CT molecular complexity index is 1160. The van der Waals surface area contributed by atoms with Crippen LogP contribution >= 0.6 is 0 Å². The number of hydrogen-bond donors (Lipinski definition) is 0. The summed E-state index contributed by atoms with van der Waals surface area (Å²) < 4.78 is 13.0. The largest absolute Gasteiger partial charge is 0.496 e. The monoisotopic (exact) mass is 404 g/mol. The van der Waals surface area contributed by atoms with Gasteiger partial charge in [0, 0.05) is 31.4 Å². The second-order valence-corrected chi connectivity index (χ2v) is 6.81. The van der Waals surface area contributed by atoms with E-state index in [1.54, 1.807) is 44.6 Å². The molecule has 1 aliphatic heterocycles. The number of ether oxygens (including phenoxy) is 2. The summed E-state index contributed by atoms with van der Waals surface area (Å²) in [6.45, 7) is 1.47. The first-order chi connectivity index (χ1) is 14.6. The smallest absolute Gasteiger partial charge is 0.255 e. The van der Waals surface area contributed by atoms with Crippen LogP contribution in [0.3, 0.4) is 0 Å². The number of aromatic nitrogens is 4. The van der Waals surface area contributed by atoms with Crippen LogP contribution in [0.25, 0.3) is 11.4 Å². The molecule has 0 aliphatic carbocycles. The van der Waals surface area contributed by atoms with Gasteiger partial charge in [-0.2, -0.15) is 5.26 Å². The first-order valence-electron chi connectivity index (χ1n) is 9.39. The third-order valence-corrected chi connectivity index (χ3v) is 5.01. The normalized spacial score (nSPS) is 16.2. The summed E-state index contributed by atoms with van der Waals surface area (Å²) in [5.74, 6) is 1.18. The van der Waals surface area contributed by atoms with Crippen LogP contribution in [0, 0.1) is 11.3 Å². The van der Waals surface area contributed by atoms with Gasteiger partial charge >= 0.3 is 0 Å². The number of anilines is 1. The molecule has 0 unspecified atom stereocenters. The van der Waals surface area contributed by atoms with Gasteiger partial charge in [-0.25, -0.2) is 15.0 Å². The molecule has 1 fully saturated rings. The number of nitriles is 1. The van der Waals surface area contributed by atoms with Crippen molar-refractivity contribution >= 4 is 5.95 Å². The molecule has 0 amide bonds. The van der Waals surface area contributed by atoms with Gasteiger partial charge in [-0.15, -0.1) is 0 Å². The Hall–Kier alpha value is -3.77. The van der Waals surface area contributed by atoms with Crippen LogP contribution in [0.2, 0.25) is 0 Å². The molecule has 9 heteroatoms. The lowest BCUT2D eigenvalue weighted by Gasteiger charge is -2.35. The van der Waals surface area contributed by atoms with Gasteiger partial charge in [0.05, 0.1) is 43.3 Å². The van der Waals surface area contributed by atoms with Crippen LogP contribution < -0.4 is 15.2 Å². The summed E-state index contributed by atoms with van der Waals surface area (Å²) >= 11 is 0. The Morgan fingerprint density at radius 1 is 1.27 bits per heavy atom. The van der Waals surface area contributed by atoms with E-state index in [1.165, 1.54) is 17.0 Å². The Balaban J connectivity index is 1.70. The minimum absolute atomic E-state index is 0.180. The number of rotatable bonds is 4. The van der Waals surface area contributed by atoms with Crippen molar-refractivity contribution in [3.05, 3.63) is 64.3 Å². The predicted octanol–water partition coefficient (Wildman–Crippen LogP) is 1.70. The molecule has 152 valence electrons. The maximum atomic E-state index is 12.6. The van der Waals surface area contributed by atoms with Gasteiger partial charge in [-0.3, -0.25) is 9.36 Å². The van der Waals surface area contributed by atoms with Gasteiger partial charge in [0.15, 0.2) is 0 Å². The summed E-state index contributed by atoms with van der Waals surface area (Å²) in [6.07, 6.45) is 2.70. The van der Waals surface area contributed by atoms with Crippen LogP contribution in [0.15, 0.2) is 47.7 Å². The molecule has 30 heavy (non-hydrogen) atoms. The average Bonchev–Trinajstić information content (AvgIpc) is 2.81. The Morgan fingerprint density at radius 3 is 2.87 bits per heavy atom. The van der Waals surface area contributed by atoms with E-state index in [2.05, 4.69) is 16.0 Å². The molecule has 0 spiro atoms. The molecule has 1 saturated heterocycles. The molecule has 3 aromatic rings.